The van der Waals surface area contributed by atoms with Crippen LogP contribution in [0.1, 0.15) is 55.4 Å². The largest absolute Gasteiger partial charge is 0.343 e. The Morgan fingerprint density at radius 3 is 2.44 bits per heavy atom. The van der Waals surface area contributed by atoms with E-state index < -0.39 is 0 Å². The summed E-state index contributed by atoms with van der Waals surface area (Å²) in [6.07, 6.45) is 2.43. The number of nitrogens with zero attached hydrogens (tertiary/aromatic N) is 1. The molecule has 3 heteroatoms. The molecule has 0 bridgehead atoms. The van der Waals surface area contributed by atoms with Gasteiger partial charge in [-0.25, -0.2) is 0 Å². The lowest BCUT2D eigenvalue weighted by atomic mass is 10.1. The first-order valence-corrected chi connectivity index (χ1v) is 6.76. The van der Waals surface area contributed by atoms with E-state index in [1.54, 1.807) is 0 Å². The van der Waals surface area contributed by atoms with E-state index in [4.69, 9.17) is 0 Å². The number of Topliss-reactive ketones (excluding diaryl/α,β-unsaturated/α-hetero) is 1. The monoisotopic (exact) mass is 248 g/mol. The van der Waals surface area contributed by atoms with E-state index in [1.807, 2.05) is 13.0 Å². The molecule has 0 saturated heterocycles. The first-order valence-electron chi connectivity index (χ1n) is 6.76. The number of rotatable bonds is 4. The van der Waals surface area contributed by atoms with Crippen molar-refractivity contribution < 1.29 is 4.79 Å². The van der Waals surface area contributed by atoms with Crippen molar-refractivity contribution in [2.45, 2.75) is 59.0 Å². The molecule has 0 aromatic carbocycles. The van der Waals surface area contributed by atoms with Crippen LogP contribution in [0.4, 0.5) is 0 Å². The fraction of sp³-hybridized carbons (Fsp3) is 0.667. The quantitative estimate of drug-likeness (QED) is 0.831. The van der Waals surface area contributed by atoms with E-state index in [0.29, 0.717) is 12.6 Å². The van der Waals surface area contributed by atoms with E-state index in [-0.39, 0.29) is 11.3 Å². The minimum Gasteiger partial charge on any atom is -0.343 e. The molecule has 1 aromatic heterocycles. The van der Waals surface area contributed by atoms with Crippen LogP contribution in [0.5, 0.6) is 0 Å². The highest BCUT2D eigenvalue weighted by Crippen LogP contribution is 2.25. The molecule has 0 atom stereocenters. The summed E-state index contributed by atoms with van der Waals surface area (Å²) >= 11 is 0. The zero-order chi connectivity index (χ0) is 13.5. The highest BCUT2D eigenvalue weighted by Gasteiger charge is 2.25. The second-order valence-corrected chi connectivity index (χ2v) is 6.37. The Balaban J connectivity index is 2.20. The van der Waals surface area contributed by atoms with E-state index in [2.05, 4.69) is 37.6 Å². The van der Waals surface area contributed by atoms with Crippen molar-refractivity contribution in [1.29, 1.82) is 0 Å². The molecule has 2 rings (SSSR count). The van der Waals surface area contributed by atoms with Crippen LogP contribution in [0.2, 0.25) is 0 Å². The van der Waals surface area contributed by atoms with E-state index >= 15 is 0 Å². The molecule has 1 N–H and O–H groups in total. The number of carbonyl (C=O) groups is 1. The summed E-state index contributed by atoms with van der Waals surface area (Å²) in [4.78, 5) is 12.2. The van der Waals surface area contributed by atoms with E-state index in [1.165, 1.54) is 12.8 Å². The third-order valence-corrected chi connectivity index (χ3v) is 3.53. The fourth-order valence-electron chi connectivity index (χ4n) is 2.70. The first-order chi connectivity index (χ1) is 8.30. The van der Waals surface area contributed by atoms with Crippen molar-refractivity contribution >= 4 is 5.78 Å². The molecule has 100 valence electrons. The van der Waals surface area contributed by atoms with Gasteiger partial charge in [0.25, 0.3) is 0 Å². The van der Waals surface area contributed by atoms with Crippen molar-refractivity contribution in [1.82, 2.24) is 9.88 Å². The summed E-state index contributed by atoms with van der Waals surface area (Å²) in [6, 6.07) is 2.61. The normalized spacial score (nSPS) is 16.1. The molecule has 1 aliphatic rings. The van der Waals surface area contributed by atoms with E-state index in [9.17, 15) is 4.79 Å². The van der Waals surface area contributed by atoms with Gasteiger partial charge < -0.3 is 9.88 Å². The van der Waals surface area contributed by atoms with Gasteiger partial charge >= 0.3 is 0 Å². The molecule has 1 fully saturated rings. The zero-order valence-electron chi connectivity index (χ0n) is 12.1. The Kier molecular flexibility index (Phi) is 3.37. The van der Waals surface area contributed by atoms with Gasteiger partial charge in [0.2, 0.25) is 0 Å². The summed E-state index contributed by atoms with van der Waals surface area (Å²) in [5, 5.41) is 3.29. The zero-order valence-corrected chi connectivity index (χ0v) is 12.1. The van der Waals surface area contributed by atoms with Gasteiger partial charge in [0.05, 0.1) is 6.54 Å². The van der Waals surface area contributed by atoms with Crippen molar-refractivity contribution in [3.05, 3.63) is 23.0 Å². The highest BCUT2D eigenvalue weighted by atomic mass is 16.1. The third-order valence-electron chi connectivity index (χ3n) is 3.53. The number of aryl methyl sites for hydroxylation is 1. The number of carbonyl (C=O) groups excluding carboxylic acids is 1. The number of nitrogens with one attached hydrogen (secondary N) is 1. The maximum Gasteiger partial charge on any atom is 0.178 e. The Bertz CT molecular complexity index is 462. The fourth-order valence-corrected chi connectivity index (χ4v) is 2.70. The molecule has 0 radical (unpaired) electrons. The number of ketones is 1. The van der Waals surface area contributed by atoms with Gasteiger partial charge in [-0.1, -0.05) is 0 Å². The molecule has 0 amide bonds. The maximum absolute atomic E-state index is 12.2. The van der Waals surface area contributed by atoms with Crippen molar-refractivity contribution in [3.8, 4) is 0 Å². The molecule has 0 aliphatic heterocycles. The second kappa shape index (κ2) is 4.54. The van der Waals surface area contributed by atoms with Gasteiger partial charge in [-0.3, -0.25) is 4.79 Å². The van der Waals surface area contributed by atoms with Crippen LogP contribution in [-0.4, -0.2) is 22.9 Å². The summed E-state index contributed by atoms with van der Waals surface area (Å²) in [5.74, 6) is 0.213. The molecule has 0 unspecified atom stereocenters. The van der Waals surface area contributed by atoms with Gasteiger partial charge in [0.1, 0.15) is 0 Å². The minimum absolute atomic E-state index is 0.0244. The standard InChI is InChI=1S/C15H24N2O/c1-10-8-13(11(2)17(10)15(3,4)5)14(18)9-16-12-6-7-12/h8,12,16H,6-7,9H2,1-5H3. The van der Waals surface area contributed by atoms with Gasteiger partial charge in [-0.15, -0.1) is 0 Å². The van der Waals surface area contributed by atoms with Crippen LogP contribution in [0, 0.1) is 13.8 Å². The van der Waals surface area contributed by atoms with Crippen molar-refractivity contribution in [2.75, 3.05) is 6.54 Å². The molecule has 1 aromatic rings. The van der Waals surface area contributed by atoms with Gasteiger partial charge in [-0.05, 0) is 53.5 Å². The summed E-state index contributed by atoms with van der Waals surface area (Å²) < 4.78 is 2.25. The lowest BCUT2D eigenvalue weighted by Crippen LogP contribution is -2.27. The Labute approximate surface area is 110 Å². The highest BCUT2D eigenvalue weighted by molar-refractivity contribution is 5.99. The number of aromatic nitrogens is 1. The van der Waals surface area contributed by atoms with Crippen LogP contribution < -0.4 is 5.32 Å². The lowest BCUT2D eigenvalue weighted by Gasteiger charge is -2.25. The van der Waals surface area contributed by atoms with Crippen LogP contribution in [-0.2, 0) is 5.54 Å². The first kappa shape index (κ1) is 13.3. The average molecular weight is 248 g/mol. The second-order valence-electron chi connectivity index (χ2n) is 6.37. The van der Waals surface area contributed by atoms with Gasteiger partial charge in [0, 0.05) is 28.5 Å². The van der Waals surface area contributed by atoms with Gasteiger partial charge in [-0.2, -0.15) is 0 Å². The number of hydrogen-bond acceptors (Lipinski definition) is 2. The van der Waals surface area contributed by atoms with E-state index in [0.717, 1.165) is 17.0 Å². The van der Waals surface area contributed by atoms with Crippen molar-refractivity contribution in [3.63, 3.8) is 0 Å². The summed E-state index contributed by atoms with van der Waals surface area (Å²) in [7, 11) is 0. The molecule has 3 nitrogen and oxygen atoms in total. The van der Waals surface area contributed by atoms with Crippen LogP contribution in [0.15, 0.2) is 6.07 Å². The summed E-state index contributed by atoms with van der Waals surface area (Å²) in [5.41, 5.74) is 3.14. The molecule has 1 heterocycles. The Morgan fingerprint density at radius 2 is 2.00 bits per heavy atom. The lowest BCUT2D eigenvalue weighted by molar-refractivity contribution is 0.0989. The predicted octanol–water partition coefficient (Wildman–Crippen LogP) is 2.79. The topological polar surface area (TPSA) is 34.0 Å². The van der Waals surface area contributed by atoms with Crippen LogP contribution >= 0.6 is 0 Å². The van der Waals surface area contributed by atoms with Crippen LogP contribution in [0.3, 0.4) is 0 Å². The molecule has 0 spiro atoms. The molecular weight excluding hydrogens is 224 g/mol. The molecular formula is C15H24N2O. The van der Waals surface area contributed by atoms with Gasteiger partial charge in [0.15, 0.2) is 5.78 Å². The average Bonchev–Trinajstić information content (AvgIpc) is 2.99. The predicted molar refractivity (Wildman–Crippen MR) is 74.3 cm³/mol. The molecule has 1 aliphatic carbocycles. The minimum atomic E-state index is 0.0244. The molecule has 1 saturated carbocycles. The number of hydrogen-bond donors (Lipinski definition) is 1. The third kappa shape index (κ3) is 2.66. The summed E-state index contributed by atoms with van der Waals surface area (Å²) in [6.45, 7) is 11.1. The Morgan fingerprint density at radius 1 is 1.39 bits per heavy atom. The van der Waals surface area contributed by atoms with Crippen molar-refractivity contribution in [2.24, 2.45) is 0 Å². The van der Waals surface area contributed by atoms with Crippen LogP contribution in [0.25, 0.3) is 0 Å². The smallest absolute Gasteiger partial charge is 0.178 e. The SMILES string of the molecule is Cc1cc(C(=O)CNC2CC2)c(C)n1C(C)(C)C. The molecule has 18 heavy (non-hydrogen) atoms. The maximum atomic E-state index is 12.2. The Hall–Kier alpha value is -1.09.